The molecule has 5 nitrogen and oxygen atoms in total. The number of amides is 2. The van der Waals surface area contributed by atoms with Crippen LogP contribution in [0, 0.1) is 5.92 Å². The number of carbonyl (C=O) groups excluding carboxylic acids is 1. The van der Waals surface area contributed by atoms with Gasteiger partial charge in [-0.1, -0.05) is 30.3 Å². The molecule has 1 heterocycles. The number of benzene rings is 1. The van der Waals surface area contributed by atoms with Gasteiger partial charge in [0.1, 0.15) is 0 Å². The van der Waals surface area contributed by atoms with Gasteiger partial charge in [0.05, 0.1) is 0 Å². The van der Waals surface area contributed by atoms with Crippen LogP contribution in [0.2, 0.25) is 0 Å². The van der Waals surface area contributed by atoms with Crippen LogP contribution in [0.1, 0.15) is 25.3 Å². The molecule has 23 heavy (non-hydrogen) atoms. The highest BCUT2D eigenvalue weighted by Gasteiger charge is 2.21. The van der Waals surface area contributed by atoms with Crippen molar-refractivity contribution in [3.05, 3.63) is 35.9 Å². The number of ether oxygens (including phenoxy) is 1. The van der Waals surface area contributed by atoms with Gasteiger partial charge >= 0.3 is 6.03 Å². The molecule has 128 valence electrons. The smallest absolute Gasteiger partial charge is 0.315 e. The summed E-state index contributed by atoms with van der Waals surface area (Å²) in [4.78, 5) is 11.9. The monoisotopic (exact) mass is 338 g/mol. The molecule has 2 rings (SSSR count). The van der Waals surface area contributed by atoms with E-state index in [9.17, 15) is 9.00 Å². The van der Waals surface area contributed by atoms with Crippen molar-refractivity contribution in [3.8, 4) is 0 Å². The van der Waals surface area contributed by atoms with Crippen molar-refractivity contribution in [1.82, 2.24) is 10.6 Å². The van der Waals surface area contributed by atoms with E-state index in [1.165, 1.54) is 0 Å². The van der Waals surface area contributed by atoms with E-state index < -0.39 is 10.8 Å². The minimum absolute atomic E-state index is 0.133. The lowest BCUT2D eigenvalue weighted by Gasteiger charge is -2.28. The Labute approximate surface area is 140 Å². The van der Waals surface area contributed by atoms with E-state index in [2.05, 4.69) is 10.6 Å². The molecule has 0 aromatic heterocycles. The summed E-state index contributed by atoms with van der Waals surface area (Å²) in [5, 5.41) is 5.76. The second kappa shape index (κ2) is 9.67. The third kappa shape index (κ3) is 6.71. The highest BCUT2D eigenvalue weighted by molar-refractivity contribution is 7.84. The van der Waals surface area contributed by atoms with E-state index in [1.807, 2.05) is 37.3 Å². The molecule has 0 aliphatic carbocycles. The highest BCUT2D eigenvalue weighted by atomic mass is 32.2. The summed E-state index contributed by atoms with van der Waals surface area (Å²) in [7, 11) is -0.963. The summed E-state index contributed by atoms with van der Waals surface area (Å²) in [6.45, 7) is 4.00. The van der Waals surface area contributed by atoms with Crippen molar-refractivity contribution in [2.24, 2.45) is 5.92 Å². The Balaban J connectivity index is 1.61. The fraction of sp³-hybridized carbons (Fsp3) is 0.588. The van der Waals surface area contributed by atoms with E-state index in [0.29, 0.717) is 24.0 Å². The molecule has 1 aromatic carbocycles. The van der Waals surface area contributed by atoms with Crippen molar-refractivity contribution < 1.29 is 13.7 Å². The third-order valence-electron chi connectivity index (χ3n) is 4.12. The van der Waals surface area contributed by atoms with Crippen LogP contribution in [0.5, 0.6) is 0 Å². The summed E-state index contributed by atoms with van der Waals surface area (Å²) in [5.74, 6) is 1.47. The molecule has 1 fully saturated rings. The van der Waals surface area contributed by atoms with Crippen molar-refractivity contribution >= 4 is 16.8 Å². The molecule has 2 amide bonds. The fourth-order valence-corrected chi connectivity index (χ4v) is 3.74. The quantitative estimate of drug-likeness (QED) is 0.799. The van der Waals surface area contributed by atoms with Crippen LogP contribution in [-0.2, 0) is 21.3 Å². The molecule has 1 aliphatic rings. The Morgan fingerprint density at radius 1 is 1.30 bits per heavy atom. The van der Waals surface area contributed by atoms with E-state index in [-0.39, 0.29) is 12.1 Å². The molecule has 0 spiro atoms. The maximum Gasteiger partial charge on any atom is 0.315 e. The molecule has 0 bridgehead atoms. The number of urea groups is 1. The Hall–Kier alpha value is -1.40. The maximum atomic E-state index is 12.0. The minimum atomic E-state index is -0.963. The zero-order valence-electron chi connectivity index (χ0n) is 13.6. The molecule has 2 N–H and O–H groups in total. The maximum absolute atomic E-state index is 12.0. The molecular formula is C17H26N2O3S. The fourth-order valence-electron chi connectivity index (χ4n) is 2.70. The van der Waals surface area contributed by atoms with Crippen molar-refractivity contribution in [2.75, 3.05) is 25.5 Å². The minimum Gasteiger partial charge on any atom is -0.381 e. The van der Waals surface area contributed by atoms with Crippen LogP contribution in [0.4, 0.5) is 4.79 Å². The van der Waals surface area contributed by atoms with Crippen LogP contribution in [-0.4, -0.2) is 41.8 Å². The molecule has 6 heteroatoms. The van der Waals surface area contributed by atoms with Crippen molar-refractivity contribution in [2.45, 2.75) is 31.6 Å². The van der Waals surface area contributed by atoms with Crippen LogP contribution < -0.4 is 10.6 Å². The average molecular weight is 338 g/mol. The van der Waals surface area contributed by atoms with Crippen LogP contribution in [0.15, 0.2) is 30.3 Å². The van der Waals surface area contributed by atoms with Crippen LogP contribution in [0.3, 0.4) is 0 Å². The summed E-state index contributed by atoms with van der Waals surface area (Å²) < 4.78 is 17.3. The van der Waals surface area contributed by atoms with E-state index >= 15 is 0 Å². The van der Waals surface area contributed by atoms with Crippen molar-refractivity contribution in [3.63, 3.8) is 0 Å². The lowest BCUT2D eigenvalue weighted by molar-refractivity contribution is 0.0571. The first-order valence-corrected chi connectivity index (χ1v) is 9.65. The standard InChI is InChI=1S/C17H26N2O3S/c1-14(16-7-10-22-11-8-16)19-17(20)18-9-12-23(21)13-15-5-3-2-4-6-15/h2-6,14,16H,7-13H2,1H3,(H2,18,19,20)/t14-,23+/m0/s1. The average Bonchev–Trinajstić information content (AvgIpc) is 2.56. The molecule has 2 atom stereocenters. The molecule has 1 aliphatic heterocycles. The van der Waals surface area contributed by atoms with Gasteiger partial charge in [0.15, 0.2) is 0 Å². The SMILES string of the molecule is C[C@H](NC(=O)NCC[S@@](=O)Cc1ccccc1)C1CCOCC1. The van der Waals surface area contributed by atoms with Gasteiger partial charge in [0.2, 0.25) is 0 Å². The third-order valence-corrected chi connectivity index (χ3v) is 5.43. The summed E-state index contributed by atoms with van der Waals surface area (Å²) in [6, 6.07) is 9.71. The van der Waals surface area contributed by atoms with Crippen LogP contribution in [0.25, 0.3) is 0 Å². The predicted octanol–water partition coefficient (Wildman–Crippen LogP) is 2.05. The largest absolute Gasteiger partial charge is 0.381 e. The second-order valence-electron chi connectivity index (χ2n) is 5.91. The summed E-state index contributed by atoms with van der Waals surface area (Å²) in [6.07, 6.45) is 1.98. The van der Waals surface area contributed by atoms with E-state index in [1.54, 1.807) is 0 Å². The Bertz CT molecular complexity index is 504. The zero-order valence-corrected chi connectivity index (χ0v) is 14.4. The normalized spacial score (nSPS) is 18.1. The first-order chi connectivity index (χ1) is 11.1. The lowest BCUT2D eigenvalue weighted by Crippen LogP contribution is -2.46. The number of carbonyl (C=O) groups is 1. The van der Waals surface area contributed by atoms with Gasteiger partial charge in [-0.15, -0.1) is 0 Å². The number of hydrogen-bond donors (Lipinski definition) is 2. The van der Waals surface area contributed by atoms with Gasteiger partial charge < -0.3 is 15.4 Å². The van der Waals surface area contributed by atoms with Gasteiger partial charge in [-0.2, -0.15) is 0 Å². The highest BCUT2D eigenvalue weighted by Crippen LogP contribution is 2.18. The topological polar surface area (TPSA) is 67.4 Å². The van der Waals surface area contributed by atoms with Crippen molar-refractivity contribution in [1.29, 1.82) is 0 Å². The Kier molecular flexibility index (Phi) is 7.55. The Morgan fingerprint density at radius 3 is 2.70 bits per heavy atom. The number of rotatable bonds is 7. The molecule has 1 saturated heterocycles. The first-order valence-electron chi connectivity index (χ1n) is 8.16. The Morgan fingerprint density at radius 2 is 2.00 bits per heavy atom. The number of hydrogen-bond acceptors (Lipinski definition) is 3. The van der Waals surface area contributed by atoms with Gasteiger partial charge in [-0.05, 0) is 31.2 Å². The van der Waals surface area contributed by atoms with Gasteiger partial charge in [0, 0.05) is 48.1 Å². The lowest BCUT2D eigenvalue weighted by atomic mass is 9.93. The first kappa shape index (κ1) is 17.9. The summed E-state index contributed by atoms with van der Waals surface area (Å²) >= 11 is 0. The second-order valence-corrected chi connectivity index (χ2v) is 7.49. The van der Waals surface area contributed by atoms with Gasteiger partial charge in [-0.3, -0.25) is 4.21 Å². The van der Waals surface area contributed by atoms with Gasteiger partial charge in [-0.25, -0.2) is 4.79 Å². The molecule has 0 saturated carbocycles. The molecule has 0 radical (unpaired) electrons. The zero-order chi connectivity index (χ0) is 16.5. The molecular weight excluding hydrogens is 312 g/mol. The number of nitrogens with one attached hydrogen (secondary N) is 2. The molecule has 1 aromatic rings. The summed E-state index contributed by atoms with van der Waals surface area (Å²) in [5.41, 5.74) is 1.06. The van der Waals surface area contributed by atoms with E-state index in [0.717, 1.165) is 31.6 Å². The van der Waals surface area contributed by atoms with Crippen LogP contribution >= 0.6 is 0 Å². The van der Waals surface area contributed by atoms with E-state index in [4.69, 9.17) is 4.74 Å². The predicted molar refractivity (Wildman–Crippen MR) is 92.7 cm³/mol. The van der Waals surface area contributed by atoms with Gasteiger partial charge in [0.25, 0.3) is 0 Å². The molecule has 0 unspecified atom stereocenters.